The van der Waals surface area contributed by atoms with Crippen LogP contribution in [0.25, 0.3) is 0 Å². The number of nitriles is 1. The van der Waals surface area contributed by atoms with Crippen molar-refractivity contribution in [1.29, 1.82) is 5.26 Å². The van der Waals surface area contributed by atoms with Gasteiger partial charge >= 0.3 is 0 Å². The molecule has 0 aliphatic heterocycles. The van der Waals surface area contributed by atoms with E-state index in [1.54, 1.807) is 0 Å². The van der Waals surface area contributed by atoms with E-state index in [1.807, 2.05) is 12.1 Å². The van der Waals surface area contributed by atoms with Crippen molar-refractivity contribution in [2.75, 3.05) is 6.54 Å². The van der Waals surface area contributed by atoms with Crippen molar-refractivity contribution in [2.45, 2.75) is 32.9 Å². The fourth-order valence-electron chi connectivity index (χ4n) is 1.43. The fraction of sp³-hybridized carbons (Fsp3) is 0.462. The summed E-state index contributed by atoms with van der Waals surface area (Å²) in [5.74, 6) is 0. The predicted octanol–water partition coefficient (Wildman–Crippen LogP) is 3.57. The van der Waals surface area contributed by atoms with Crippen LogP contribution in [0.2, 0.25) is 0 Å². The lowest BCUT2D eigenvalue weighted by Gasteiger charge is -2.33. The summed E-state index contributed by atoms with van der Waals surface area (Å²) in [6.07, 6.45) is 0. The molecule has 0 unspecified atom stereocenters. The molecule has 0 aromatic heterocycles. The molecule has 0 fully saturated rings. The maximum Gasteiger partial charge on any atom is 0.0873 e. The lowest BCUT2D eigenvalue weighted by atomic mass is 10.0. The van der Waals surface area contributed by atoms with Crippen LogP contribution in [0.5, 0.6) is 0 Å². The Labute approximate surface area is 106 Å². The molecule has 0 heterocycles. The monoisotopic (exact) mass is 280 g/mol. The van der Waals surface area contributed by atoms with Gasteiger partial charge in [-0.05, 0) is 38.5 Å². The molecule has 0 spiro atoms. The second kappa shape index (κ2) is 5.47. The van der Waals surface area contributed by atoms with Crippen molar-refractivity contribution < 1.29 is 0 Å². The normalized spacial score (nSPS) is 11.5. The van der Waals surface area contributed by atoms with Crippen molar-refractivity contribution in [3.05, 3.63) is 34.3 Å². The topological polar surface area (TPSA) is 27.0 Å². The molecule has 1 aromatic carbocycles. The number of hydrogen-bond acceptors (Lipinski definition) is 2. The Morgan fingerprint density at radius 1 is 1.25 bits per heavy atom. The highest BCUT2D eigenvalue weighted by Crippen LogP contribution is 2.18. The van der Waals surface area contributed by atoms with Gasteiger partial charge < -0.3 is 0 Å². The van der Waals surface area contributed by atoms with Crippen LogP contribution in [-0.4, -0.2) is 17.0 Å². The quantitative estimate of drug-likeness (QED) is 0.792. The summed E-state index contributed by atoms with van der Waals surface area (Å²) in [4.78, 5) is 2.16. The summed E-state index contributed by atoms with van der Waals surface area (Å²) in [6.45, 7) is 7.65. The first-order valence-corrected chi connectivity index (χ1v) is 6.09. The van der Waals surface area contributed by atoms with E-state index in [-0.39, 0.29) is 5.54 Å². The largest absolute Gasteiger partial charge is 0.281 e. The van der Waals surface area contributed by atoms with Crippen molar-refractivity contribution in [3.8, 4) is 6.07 Å². The van der Waals surface area contributed by atoms with E-state index in [2.05, 4.69) is 59.8 Å². The van der Waals surface area contributed by atoms with Crippen molar-refractivity contribution in [1.82, 2.24) is 4.90 Å². The first-order chi connectivity index (χ1) is 7.43. The summed E-state index contributed by atoms with van der Waals surface area (Å²) < 4.78 is 1.08. The minimum atomic E-state index is 0.0167. The van der Waals surface area contributed by atoms with Crippen LogP contribution >= 0.6 is 15.9 Å². The Balaban J connectivity index is 2.76. The lowest BCUT2D eigenvalue weighted by Crippen LogP contribution is -2.40. The van der Waals surface area contributed by atoms with E-state index in [1.165, 1.54) is 5.56 Å². The van der Waals surface area contributed by atoms with Crippen LogP contribution in [-0.2, 0) is 6.54 Å². The van der Waals surface area contributed by atoms with Gasteiger partial charge in [0.25, 0.3) is 0 Å². The summed E-state index contributed by atoms with van der Waals surface area (Å²) in [5, 5.41) is 8.82. The first kappa shape index (κ1) is 13.2. The van der Waals surface area contributed by atoms with E-state index in [0.717, 1.165) is 11.0 Å². The zero-order valence-corrected chi connectivity index (χ0v) is 11.6. The molecular formula is C13H17BrN2. The standard InChI is InChI=1S/C13H17BrN2/c1-13(2,3)16(9-8-15)10-11-4-6-12(14)7-5-11/h4-7H,9-10H2,1-3H3. The van der Waals surface area contributed by atoms with E-state index < -0.39 is 0 Å². The van der Waals surface area contributed by atoms with Gasteiger partial charge in [0.05, 0.1) is 12.6 Å². The number of hydrogen-bond donors (Lipinski definition) is 0. The molecule has 0 amide bonds. The summed E-state index contributed by atoms with van der Waals surface area (Å²) in [6, 6.07) is 10.5. The van der Waals surface area contributed by atoms with Crippen LogP contribution in [0.4, 0.5) is 0 Å². The second-order valence-corrected chi connectivity index (χ2v) is 5.73. The number of halogens is 1. The lowest BCUT2D eigenvalue weighted by molar-refractivity contribution is 0.147. The van der Waals surface area contributed by atoms with E-state index in [4.69, 9.17) is 5.26 Å². The van der Waals surface area contributed by atoms with Gasteiger partial charge in [0.2, 0.25) is 0 Å². The van der Waals surface area contributed by atoms with Gasteiger partial charge in [-0.3, -0.25) is 4.90 Å². The number of benzene rings is 1. The van der Waals surface area contributed by atoms with Crippen LogP contribution in [0.3, 0.4) is 0 Å². The van der Waals surface area contributed by atoms with E-state index in [0.29, 0.717) is 6.54 Å². The van der Waals surface area contributed by atoms with E-state index >= 15 is 0 Å². The Kier molecular flexibility index (Phi) is 4.52. The zero-order chi connectivity index (χ0) is 12.2. The van der Waals surface area contributed by atoms with Crippen LogP contribution in [0.1, 0.15) is 26.3 Å². The minimum absolute atomic E-state index is 0.0167. The van der Waals surface area contributed by atoms with Gasteiger partial charge in [0.1, 0.15) is 0 Å². The van der Waals surface area contributed by atoms with Crippen LogP contribution in [0.15, 0.2) is 28.7 Å². The zero-order valence-electron chi connectivity index (χ0n) is 10.00. The minimum Gasteiger partial charge on any atom is -0.281 e. The summed E-state index contributed by atoms with van der Waals surface area (Å²) in [5.41, 5.74) is 1.25. The fourth-order valence-corrected chi connectivity index (χ4v) is 1.69. The second-order valence-electron chi connectivity index (χ2n) is 4.81. The Morgan fingerprint density at radius 2 is 1.81 bits per heavy atom. The summed E-state index contributed by atoms with van der Waals surface area (Å²) in [7, 11) is 0. The van der Waals surface area contributed by atoms with Crippen molar-refractivity contribution in [3.63, 3.8) is 0 Å². The molecule has 0 saturated carbocycles. The van der Waals surface area contributed by atoms with Crippen LogP contribution in [0, 0.1) is 11.3 Å². The highest BCUT2D eigenvalue weighted by atomic mass is 79.9. The predicted molar refractivity (Wildman–Crippen MR) is 69.9 cm³/mol. The molecule has 0 N–H and O–H groups in total. The average molecular weight is 281 g/mol. The van der Waals surface area contributed by atoms with Gasteiger partial charge in [0.15, 0.2) is 0 Å². The van der Waals surface area contributed by atoms with Gasteiger partial charge in [-0.15, -0.1) is 0 Å². The van der Waals surface area contributed by atoms with Crippen molar-refractivity contribution in [2.24, 2.45) is 0 Å². The molecule has 1 aromatic rings. The molecule has 0 aliphatic carbocycles. The molecule has 0 saturated heterocycles. The third kappa shape index (κ3) is 3.96. The molecule has 0 atom stereocenters. The molecule has 0 bridgehead atoms. The first-order valence-electron chi connectivity index (χ1n) is 5.30. The SMILES string of the molecule is CC(C)(C)N(CC#N)Cc1ccc(Br)cc1. The molecule has 0 aliphatic rings. The molecule has 16 heavy (non-hydrogen) atoms. The molecule has 2 nitrogen and oxygen atoms in total. The van der Waals surface area contributed by atoms with Gasteiger partial charge in [-0.25, -0.2) is 0 Å². The van der Waals surface area contributed by atoms with Gasteiger partial charge in [-0.1, -0.05) is 28.1 Å². The van der Waals surface area contributed by atoms with Gasteiger partial charge in [0, 0.05) is 16.6 Å². The van der Waals surface area contributed by atoms with Crippen molar-refractivity contribution >= 4 is 15.9 Å². The molecule has 86 valence electrons. The number of rotatable bonds is 3. The Morgan fingerprint density at radius 3 is 2.25 bits per heavy atom. The third-order valence-corrected chi connectivity index (χ3v) is 3.03. The van der Waals surface area contributed by atoms with Crippen LogP contribution < -0.4 is 0 Å². The maximum atomic E-state index is 8.82. The molecule has 0 radical (unpaired) electrons. The maximum absolute atomic E-state index is 8.82. The third-order valence-electron chi connectivity index (χ3n) is 2.50. The smallest absolute Gasteiger partial charge is 0.0873 e. The number of nitrogens with zero attached hydrogens (tertiary/aromatic N) is 2. The highest BCUT2D eigenvalue weighted by molar-refractivity contribution is 9.10. The Bertz CT molecular complexity index is 370. The van der Waals surface area contributed by atoms with E-state index in [9.17, 15) is 0 Å². The highest BCUT2D eigenvalue weighted by Gasteiger charge is 2.20. The molecule has 1 rings (SSSR count). The Hall–Kier alpha value is -0.850. The van der Waals surface area contributed by atoms with Gasteiger partial charge in [-0.2, -0.15) is 5.26 Å². The molecule has 3 heteroatoms. The summed E-state index contributed by atoms with van der Waals surface area (Å²) >= 11 is 3.42. The molecular weight excluding hydrogens is 264 g/mol. The average Bonchev–Trinajstić information content (AvgIpc) is 2.19.